The van der Waals surface area contributed by atoms with E-state index in [0.717, 1.165) is 22.7 Å². The molecule has 4 aromatic rings. The third-order valence-corrected chi connectivity index (χ3v) is 3.87. The van der Waals surface area contributed by atoms with Crippen LogP contribution in [0.2, 0.25) is 0 Å². The molecule has 0 amide bonds. The summed E-state index contributed by atoms with van der Waals surface area (Å²) in [5.74, 6) is 0. The predicted molar refractivity (Wildman–Crippen MR) is 97.0 cm³/mol. The minimum atomic E-state index is 0.703. The Labute approximate surface area is 140 Å². The fourth-order valence-corrected chi connectivity index (χ4v) is 2.64. The lowest BCUT2D eigenvalue weighted by Crippen LogP contribution is -1.99. The second-order valence-corrected chi connectivity index (χ2v) is 5.51. The Morgan fingerprint density at radius 1 is 0.833 bits per heavy atom. The Balaban J connectivity index is 1.61. The van der Waals surface area contributed by atoms with Crippen molar-refractivity contribution in [1.82, 2.24) is 14.1 Å². The molecule has 0 fully saturated rings. The first kappa shape index (κ1) is 14.1. The molecule has 0 saturated carbocycles. The maximum absolute atomic E-state index is 6.22. The molecule has 2 aromatic carbocycles. The van der Waals surface area contributed by atoms with Crippen molar-refractivity contribution < 1.29 is 0 Å². The highest BCUT2D eigenvalue weighted by molar-refractivity contribution is 5.75. The number of hydrogen-bond donors (Lipinski definition) is 2. The van der Waals surface area contributed by atoms with Crippen molar-refractivity contribution in [2.45, 2.75) is 0 Å². The third-order valence-electron chi connectivity index (χ3n) is 3.87. The van der Waals surface area contributed by atoms with Gasteiger partial charge in [-0.3, -0.25) is 0 Å². The van der Waals surface area contributed by atoms with Crippen LogP contribution in [0.3, 0.4) is 0 Å². The maximum Gasteiger partial charge on any atom is 0.0991 e. The fraction of sp³-hybridized carbons (Fsp3) is 0. The van der Waals surface area contributed by atoms with E-state index in [4.69, 9.17) is 5.73 Å². The Morgan fingerprint density at radius 2 is 1.67 bits per heavy atom. The monoisotopic (exact) mass is 315 g/mol. The summed E-state index contributed by atoms with van der Waals surface area (Å²) in [6.45, 7) is 0. The van der Waals surface area contributed by atoms with E-state index in [2.05, 4.69) is 16.4 Å². The highest BCUT2D eigenvalue weighted by Crippen LogP contribution is 2.26. The highest BCUT2D eigenvalue weighted by Gasteiger charge is 2.04. The van der Waals surface area contributed by atoms with Crippen LogP contribution in [0, 0.1) is 0 Å². The van der Waals surface area contributed by atoms with E-state index in [9.17, 15) is 0 Å². The summed E-state index contributed by atoms with van der Waals surface area (Å²) in [5.41, 5.74) is 10.9. The van der Waals surface area contributed by atoms with E-state index in [0.29, 0.717) is 5.69 Å². The summed E-state index contributed by atoms with van der Waals surface area (Å²) in [7, 11) is 0. The third kappa shape index (κ3) is 2.75. The lowest BCUT2D eigenvalue weighted by Gasteiger charge is -2.13. The van der Waals surface area contributed by atoms with Gasteiger partial charge in [0.25, 0.3) is 0 Å². The molecule has 0 aliphatic carbocycles. The fourth-order valence-electron chi connectivity index (χ4n) is 2.64. The van der Waals surface area contributed by atoms with Crippen LogP contribution in [0.4, 0.5) is 17.1 Å². The molecule has 2 heterocycles. The number of rotatable bonds is 4. The van der Waals surface area contributed by atoms with Gasteiger partial charge in [0.05, 0.1) is 17.7 Å². The average Bonchev–Trinajstić information content (AvgIpc) is 3.31. The number of anilines is 3. The van der Waals surface area contributed by atoms with Gasteiger partial charge in [0.1, 0.15) is 0 Å². The lowest BCUT2D eigenvalue weighted by molar-refractivity contribution is 1.06. The van der Waals surface area contributed by atoms with Gasteiger partial charge in [-0.15, -0.1) is 0 Å². The maximum atomic E-state index is 6.22. The van der Waals surface area contributed by atoms with E-state index >= 15 is 0 Å². The molecule has 2 aromatic heterocycles. The van der Waals surface area contributed by atoms with Crippen LogP contribution in [0.5, 0.6) is 0 Å². The SMILES string of the molecule is Nc1cc(-n2cccc2)ccc1Nc1cccc(-n2ccnc2)c1. The Bertz CT molecular complexity index is 940. The molecule has 5 heteroatoms. The normalized spacial score (nSPS) is 10.7. The molecule has 5 nitrogen and oxygen atoms in total. The summed E-state index contributed by atoms with van der Waals surface area (Å²) in [6, 6.07) is 18.1. The molecule has 0 atom stereocenters. The van der Waals surface area contributed by atoms with Crippen LogP contribution in [0.15, 0.2) is 85.7 Å². The lowest BCUT2D eigenvalue weighted by atomic mass is 10.2. The van der Waals surface area contributed by atoms with Gasteiger partial charge >= 0.3 is 0 Å². The summed E-state index contributed by atoms with van der Waals surface area (Å²) in [6.07, 6.45) is 9.45. The molecule has 3 N–H and O–H groups in total. The van der Waals surface area contributed by atoms with Gasteiger partial charge in [0.15, 0.2) is 0 Å². The molecule has 0 spiro atoms. The number of nitrogens with one attached hydrogen (secondary N) is 1. The van der Waals surface area contributed by atoms with Crippen molar-refractivity contribution in [3.05, 3.63) is 85.7 Å². The smallest absolute Gasteiger partial charge is 0.0991 e. The Morgan fingerprint density at radius 3 is 2.42 bits per heavy atom. The van der Waals surface area contributed by atoms with Gasteiger partial charge in [0.2, 0.25) is 0 Å². The van der Waals surface area contributed by atoms with Crippen LogP contribution in [-0.2, 0) is 0 Å². The summed E-state index contributed by atoms with van der Waals surface area (Å²) >= 11 is 0. The number of nitrogens with zero attached hydrogens (tertiary/aromatic N) is 3. The minimum absolute atomic E-state index is 0.703. The number of hydrogen-bond acceptors (Lipinski definition) is 3. The van der Waals surface area contributed by atoms with E-state index in [1.807, 2.05) is 76.3 Å². The molecule has 4 rings (SSSR count). The number of aromatic nitrogens is 3. The van der Waals surface area contributed by atoms with Gasteiger partial charge in [-0.25, -0.2) is 4.98 Å². The van der Waals surface area contributed by atoms with Crippen LogP contribution >= 0.6 is 0 Å². The van der Waals surface area contributed by atoms with Crippen molar-refractivity contribution in [1.29, 1.82) is 0 Å². The summed E-state index contributed by atoms with van der Waals surface area (Å²) < 4.78 is 3.99. The second-order valence-electron chi connectivity index (χ2n) is 5.51. The van der Waals surface area contributed by atoms with E-state index in [1.54, 1.807) is 12.5 Å². The number of imidazole rings is 1. The average molecular weight is 315 g/mol. The standard InChI is InChI=1S/C19H17N5/c20-18-13-17(23-9-1-2-10-23)6-7-19(18)22-15-4-3-5-16(12-15)24-11-8-21-14-24/h1-14,22H,20H2. The van der Waals surface area contributed by atoms with E-state index in [-0.39, 0.29) is 0 Å². The topological polar surface area (TPSA) is 60.8 Å². The molecule has 0 aliphatic heterocycles. The zero-order valence-electron chi connectivity index (χ0n) is 13.0. The van der Waals surface area contributed by atoms with Crippen molar-refractivity contribution in [3.63, 3.8) is 0 Å². The van der Waals surface area contributed by atoms with Gasteiger partial charge in [-0.1, -0.05) is 6.07 Å². The van der Waals surface area contributed by atoms with Crippen LogP contribution in [0.25, 0.3) is 11.4 Å². The van der Waals surface area contributed by atoms with Crippen molar-refractivity contribution >= 4 is 17.1 Å². The minimum Gasteiger partial charge on any atom is -0.397 e. The first-order valence-corrected chi connectivity index (χ1v) is 7.68. The Hall–Kier alpha value is -3.47. The molecule has 0 aliphatic rings. The molecule has 24 heavy (non-hydrogen) atoms. The van der Waals surface area contributed by atoms with Gasteiger partial charge < -0.3 is 20.2 Å². The summed E-state index contributed by atoms with van der Waals surface area (Å²) in [4.78, 5) is 4.08. The van der Waals surface area contributed by atoms with E-state index in [1.165, 1.54) is 0 Å². The highest BCUT2D eigenvalue weighted by atomic mass is 15.0. The second kappa shape index (κ2) is 5.96. The quantitative estimate of drug-likeness (QED) is 0.560. The zero-order chi connectivity index (χ0) is 16.4. The Kier molecular flexibility index (Phi) is 3.51. The van der Waals surface area contributed by atoms with E-state index < -0.39 is 0 Å². The molecular formula is C19H17N5. The predicted octanol–water partition coefficient (Wildman–Crippen LogP) is 3.99. The van der Waals surface area contributed by atoms with Crippen molar-refractivity contribution in [2.75, 3.05) is 11.1 Å². The van der Waals surface area contributed by atoms with Gasteiger partial charge in [-0.2, -0.15) is 0 Å². The molecule has 0 saturated heterocycles. The van der Waals surface area contributed by atoms with Crippen LogP contribution < -0.4 is 11.1 Å². The molecule has 0 bridgehead atoms. The largest absolute Gasteiger partial charge is 0.397 e. The van der Waals surface area contributed by atoms with Gasteiger partial charge in [-0.05, 0) is 48.5 Å². The zero-order valence-corrected chi connectivity index (χ0v) is 13.0. The number of nitrogens with two attached hydrogens (primary N) is 1. The van der Waals surface area contributed by atoms with Crippen molar-refractivity contribution in [2.24, 2.45) is 0 Å². The van der Waals surface area contributed by atoms with Gasteiger partial charge in [0, 0.05) is 41.8 Å². The molecule has 0 radical (unpaired) electrons. The number of nitrogen functional groups attached to an aromatic ring is 1. The van der Waals surface area contributed by atoms with Crippen LogP contribution in [-0.4, -0.2) is 14.1 Å². The summed E-state index contributed by atoms with van der Waals surface area (Å²) in [5, 5.41) is 3.38. The number of benzene rings is 2. The molecular weight excluding hydrogens is 298 g/mol. The van der Waals surface area contributed by atoms with Crippen molar-refractivity contribution in [3.8, 4) is 11.4 Å². The first-order chi connectivity index (χ1) is 11.8. The molecule has 0 unspecified atom stereocenters. The first-order valence-electron chi connectivity index (χ1n) is 7.68. The molecule has 118 valence electrons. The van der Waals surface area contributed by atoms with Crippen LogP contribution in [0.1, 0.15) is 0 Å².